The Kier molecular flexibility index (Phi) is 5.29. The molecule has 0 aliphatic carbocycles. The van der Waals surface area contributed by atoms with Crippen molar-refractivity contribution in [1.82, 2.24) is 10.6 Å². The van der Waals surface area contributed by atoms with Crippen molar-refractivity contribution in [1.29, 1.82) is 0 Å². The number of hydrogen-bond donors (Lipinski definition) is 2. The molecule has 4 nitrogen and oxygen atoms in total. The Morgan fingerprint density at radius 1 is 1.29 bits per heavy atom. The molecule has 14 heavy (non-hydrogen) atoms. The van der Waals surface area contributed by atoms with Crippen LogP contribution in [-0.2, 0) is 4.79 Å². The van der Waals surface area contributed by atoms with Gasteiger partial charge in [-0.25, -0.2) is 4.79 Å². The Labute approximate surface area is 82.8 Å². The predicted molar refractivity (Wildman–Crippen MR) is 42.9 cm³/mol. The summed E-state index contributed by atoms with van der Waals surface area (Å²) in [5.41, 5.74) is 0. The molecular weight excluding hydrogens is 225 g/mol. The van der Waals surface area contributed by atoms with Gasteiger partial charge in [0.15, 0.2) is 0 Å². The van der Waals surface area contributed by atoms with Gasteiger partial charge >= 0.3 is 12.2 Å². The predicted octanol–water partition coefficient (Wildman–Crippen LogP) is 1.00. The maximum absolute atomic E-state index is 11.6. The Bertz CT molecular complexity index is 220. The van der Waals surface area contributed by atoms with Crippen LogP contribution in [0, 0.1) is 0 Å². The van der Waals surface area contributed by atoms with Gasteiger partial charge in [0.05, 0.1) is 0 Å². The third-order valence-corrected chi connectivity index (χ3v) is 1.21. The van der Waals surface area contributed by atoms with Gasteiger partial charge in [0, 0.05) is 12.3 Å². The molecule has 0 rings (SSSR count). The van der Waals surface area contributed by atoms with E-state index in [-0.39, 0.29) is 12.3 Å². The zero-order valence-corrected chi connectivity index (χ0v) is 7.71. The highest BCUT2D eigenvalue weighted by Crippen LogP contribution is 2.11. The van der Waals surface area contributed by atoms with Crippen LogP contribution < -0.4 is 10.6 Å². The molecule has 0 heterocycles. The number of hydrogen-bond acceptors (Lipinski definition) is 2. The lowest BCUT2D eigenvalue weighted by atomic mass is 10.4. The number of carbonyl (C=O) groups is 2. The second kappa shape index (κ2) is 5.69. The minimum atomic E-state index is -4.49. The van der Waals surface area contributed by atoms with Gasteiger partial charge in [0.25, 0.3) is 0 Å². The molecule has 3 amide bonds. The first-order valence-electron chi connectivity index (χ1n) is 3.55. The van der Waals surface area contributed by atoms with E-state index in [4.69, 9.17) is 11.6 Å². The number of imide groups is 1. The van der Waals surface area contributed by atoms with E-state index in [0.717, 1.165) is 0 Å². The maximum Gasteiger partial charge on any atom is 0.405 e. The fourth-order valence-electron chi connectivity index (χ4n) is 0.500. The number of nitrogens with one attached hydrogen (secondary N) is 2. The first-order chi connectivity index (χ1) is 6.35. The lowest BCUT2D eigenvalue weighted by Crippen LogP contribution is -2.43. The number of alkyl halides is 4. The van der Waals surface area contributed by atoms with Crippen LogP contribution >= 0.6 is 11.6 Å². The molecule has 8 heteroatoms. The van der Waals surface area contributed by atoms with Gasteiger partial charge in [-0.3, -0.25) is 10.1 Å². The standard InChI is InChI=1S/C6H8ClF3N2O2/c7-2-1-4(13)12-5(14)11-3-6(8,9)10/h1-3H2,(H2,11,12,13,14). The highest BCUT2D eigenvalue weighted by molar-refractivity contribution is 6.19. The molecule has 0 radical (unpaired) electrons. The van der Waals surface area contributed by atoms with Crippen molar-refractivity contribution in [2.75, 3.05) is 12.4 Å². The van der Waals surface area contributed by atoms with E-state index in [0.29, 0.717) is 0 Å². The van der Waals surface area contributed by atoms with Gasteiger partial charge in [0.2, 0.25) is 5.91 Å². The first kappa shape index (κ1) is 13.0. The van der Waals surface area contributed by atoms with E-state index in [1.807, 2.05) is 0 Å². The highest BCUT2D eigenvalue weighted by Gasteiger charge is 2.27. The van der Waals surface area contributed by atoms with Crippen LogP contribution in [0.4, 0.5) is 18.0 Å². The molecule has 0 aromatic rings. The van der Waals surface area contributed by atoms with Crippen LogP contribution in [0.25, 0.3) is 0 Å². The normalized spacial score (nSPS) is 10.9. The van der Waals surface area contributed by atoms with Crippen molar-refractivity contribution < 1.29 is 22.8 Å². The van der Waals surface area contributed by atoms with Crippen molar-refractivity contribution in [3.63, 3.8) is 0 Å². The first-order valence-corrected chi connectivity index (χ1v) is 4.09. The molecule has 0 aliphatic heterocycles. The summed E-state index contributed by atoms with van der Waals surface area (Å²) < 4.78 is 34.7. The number of carbonyl (C=O) groups excluding carboxylic acids is 2. The molecule has 2 N–H and O–H groups in total. The molecule has 0 atom stereocenters. The van der Waals surface area contributed by atoms with Crippen LogP contribution in [0.15, 0.2) is 0 Å². The van der Waals surface area contributed by atoms with Crippen LogP contribution in [-0.4, -0.2) is 30.5 Å². The van der Waals surface area contributed by atoms with E-state index < -0.39 is 24.7 Å². The van der Waals surface area contributed by atoms with E-state index in [1.54, 1.807) is 5.32 Å². The lowest BCUT2D eigenvalue weighted by Gasteiger charge is -2.08. The summed E-state index contributed by atoms with van der Waals surface area (Å²) >= 11 is 5.16. The molecule has 0 saturated heterocycles. The Balaban J connectivity index is 3.71. The van der Waals surface area contributed by atoms with E-state index in [2.05, 4.69) is 0 Å². The zero-order chi connectivity index (χ0) is 11.2. The van der Waals surface area contributed by atoms with Crippen molar-refractivity contribution in [3.05, 3.63) is 0 Å². The lowest BCUT2D eigenvalue weighted by molar-refractivity contribution is -0.124. The SMILES string of the molecule is O=C(CCCl)NC(=O)NCC(F)(F)F. The number of halogens is 4. The summed E-state index contributed by atoms with van der Waals surface area (Å²) in [6, 6.07) is -1.18. The monoisotopic (exact) mass is 232 g/mol. The third kappa shape index (κ3) is 7.66. The average Bonchev–Trinajstić information content (AvgIpc) is 2.00. The maximum atomic E-state index is 11.6. The minimum Gasteiger partial charge on any atom is -0.329 e. The van der Waals surface area contributed by atoms with Gasteiger partial charge in [-0.1, -0.05) is 0 Å². The Morgan fingerprint density at radius 3 is 2.29 bits per heavy atom. The number of urea groups is 1. The third-order valence-electron chi connectivity index (χ3n) is 1.02. The van der Waals surface area contributed by atoms with Crippen LogP contribution in [0.2, 0.25) is 0 Å². The van der Waals surface area contributed by atoms with Gasteiger partial charge < -0.3 is 5.32 Å². The molecule has 0 aromatic heterocycles. The summed E-state index contributed by atoms with van der Waals surface area (Å²) in [6.07, 6.45) is -4.62. The molecule has 0 fully saturated rings. The van der Waals surface area contributed by atoms with Crippen molar-refractivity contribution in [3.8, 4) is 0 Å². The Morgan fingerprint density at radius 2 is 1.86 bits per heavy atom. The van der Waals surface area contributed by atoms with Crippen molar-refractivity contribution in [2.45, 2.75) is 12.6 Å². The zero-order valence-electron chi connectivity index (χ0n) is 6.95. The highest BCUT2D eigenvalue weighted by atomic mass is 35.5. The van der Waals surface area contributed by atoms with E-state index in [9.17, 15) is 22.8 Å². The summed E-state index contributed by atoms with van der Waals surface area (Å²) in [5, 5.41) is 3.15. The fraction of sp³-hybridized carbons (Fsp3) is 0.667. The molecule has 0 aliphatic rings. The summed E-state index contributed by atoms with van der Waals surface area (Å²) in [7, 11) is 0. The average molecular weight is 233 g/mol. The molecule has 0 saturated carbocycles. The second-order valence-corrected chi connectivity index (χ2v) is 2.66. The molecule has 0 bridgehead atoms. The largest absolute Gasteiger partial charge is 0.405 e. The number of amides is 3. The van der Waals surface area contributed by atoms with Crippen LogP contribution in [0.3, 0.4) is 0 Å². The van der Waals surface area contributed by atoms with Crippen LogP contribution in [0.1, 0.15) is 6.42 Å². The molecule has 0 aromatic carbocycles. The quantitative estimate of drug-likeness (QED) is 0.714. The van der Waals surface area contributed by atoms with E-state index in [1.165, 1.54) is 5.32 Å². The number of rotatable bonds is 3. The fourth-order valence-corrected chi connectivity index (χ4v) is 0.671. The van der Waals surface area contributed by atoms with Crippen LogP contribution in [0.5, 0.6) is 0 Å². The topological polar surface area (TPSA) is 58.2 Å². The molecular formula is C6H8ClF3N2O2. The summed E-state index contributed by atoms with van der Waals surface area (Å²) in [6.45, 7) is -1.48. The molecule has 0 unspecified atom stereocenters. The van der Waals surface area contributed by atoms with Gasteiger partial charge in [-0.05, 0) is 0 Å². The molecule has 0 spiro atoms. The van der Waals surface area contributed by atoms with Crippen molar-refractivity contribution >= 4 is 23.5 Å². The van der Waals surface area contributed by atoms with Gasteiger partial charge in [0.1, 0.15) is 6.54 Å². The second-order valence-electron chi connectivity index (χ2n) is 2.29. The summed E-state index contributed by atoms with van der Waals surface area (Å²) in [4.78, 5) is 21.2. The Hall–Kier alpha value is -0.980. The smallest absolute Gasteiger partial charge is 0.329 e. The minimum absolute atomic E-state index is 0.00160. The van der Waals surface area contributed by atoms with Gasteiger partial charge in [-0.15, -0.1) is 11.6 Å². The summed E-state index contributed by atoms with van der Waals surface area (Å²) in [5.74, 6) is -0.724. The molecule has 82 valence electrons. The van der Waals surface area contributed by atoms with E-state index >= 15 is 0 Å². The van der Waals surface area contributed by atoms with Crippen molar-refractivity contribution in [2.24, 2.45) is 0 Å². The van der Waals surface area contributed by atoms with Gasteiger partial charge in [-0.2, -0.15) is 13.2 Å².